The van der Waals surface area contributed by atoms with E-state index in [1.807, 2.05) is 13.0 Å². The summed E-state index contributed by atoms with van der Waals surface area (Å²) in [5, 5.41) is 0. The molecular formula is C12H16O3S. The van der Waals surface area contributed by atoms with Gasteiger partial charge >= 0.3 is 0 Å². The fourth-order valence-electron chi connectivity index (χ4n) is 1.48. The van der Waals surface area contributed by atoms with Gasteiger partial charge in [-0.15, -0.1) is 0 Å². The molecular weight excluding hydrogens is 224 g/mol. The van der Waals surface area contributed by atoms with Crippen LogP contribution >= 0.6 is 0 Å². The van der Waals surface area contributed by atoms with Crippen molar-refractivity contribution in [2.75, 3.05) is 5.75 Å². The quantitative estimate of drug-likeness (QED) is 0.764. The third-order valence-corrected chi connectivity index (χ3v) is 3.67. The van der Waals surface area contributed by atoms with Gasteiger partial charge in [0.2, 0.25) is 0 Å². The summed E-state index contributed by atoms with van der Waals surface area (Å²) in [5.74, 6) is -0.586. The molecule has 0 atom stereocenters. The Morgan fingerprint density at radius 1 is 1.19 bits per heavy atom. The highest BCUT2D eigenvalue weighted by molar-refractivity contribution is 7.91. The van der Waals surface area contributed by atoms with Gasteiger partial charge in [0.1, 0.15) is 11.5 Å². The van der Waals surface area contributed by atoms with Crippen LogP contribution in [0.3, 0.4) is 0 Å². The summed E-state index contributed by atoms with van der Waals surface area (Å²) in [7, 11) is -3.31. The molecule has 0 aliphatic rings. The second kappa shape index (κ2) is 5.80. The summed E-state index contributed by atoms with van der Waals surface area (Å²) < 4.78 is 23.3. The summed E-state index contributed by atoms with van der Waals surface area (Å²) in [6.07, 6.45) is 1.04. The standard InChI is InChI=1S/C12H16O3S/c1-2-6-12(13)10-16(14,15)9-11-7-4-3-5-8-11/h3-5,7-8H,2,6,9-10H2,1H3. The van der Waals surface area contributed by atoms with Crippen LogP contribution in [0.1, 0.15) is 25.3 Å². The van der Waals surface area contributed by atoms with Crippen LogP contribution in [-0.2, 0) is 20.4 Å². The average Bonchev–Trinajstić information content (AvgIpc) is 2.17. The van der Waals surface area contributed by atoms with E-state index in [0.29, 0.717) is 12.8 Å². The first-order valence-corrected chi connectivity index (χ1v) is 7.11. The SMILES string of the molecule is CCCC(=O)CS(=O)(=O)Cc1ccccc1. The molecule has 0 saturated carbocycles. The molecule has 1 aromatic rings. The van der Waals surface area contributed by atoms with E-state index in [2.05, 4.69) is 0 Å². The summed E-state index contributed by atoms with van der Waals surface area (Å²) in [6.45, 7) is 1.86. The van der Waals surface area contributed by atoms with E-state index in [4.69, 9.17) is 0 Å². The van der Waals surface area contributed by atoms with Gasteiger partial charge in [-0.3, -0.25) is 4.79 Å². The number of carbonyl (C=O) groups is 1. The van der Waals surface area contributed by atoms with E-state index in [1.165, 1.54) is 0 Å². The molecule has 0 N–H and O–H groups in total. The third kappa shape index (κ3) is 4.57. The van der Waals surface area contributed by atoms with Gasteiger partial charge in [0.25, 0.3) is 0 Å². The van der Waals surface area contributed by atoms with E-state index in [9.17, 15) is 13.2 Å². The van der Waals surface area contributed by atoms with Crippen molar-refractivity contribution >= 4 is 15.6 Å². The van der Waals surface area contributed by atoms with E-state index in [-0.39, 0.29) is 17.3 Å². The highest BCUT2D eigenvalue weighted by atomic mass is 32.2. The number of hydrogen-bond acceptors (Lipinski definition) is 3. The monoisotopic (exact) mass is 240 g/mol. The molecule has 0 heterocycles. The van der Waals surface area contributed by atoms with Crippen LogP contribution in [0.5, 0.6) is 0 Å². The van der Waals surface area contributed by atoms with Gasteiger partial charge in [-0.1, -0.05) is 37.3 Å². The Bertz CT molecular complexity index is 435. The normalized spacial score (nSPS) is 11.3. The van der Waals surface area contributed by atoms with Gasteiger partial charge < -0.3 is 0 Å². The lowest BCUT2D eigenvalue weighted by atomic mass is 10.2. The van der Waals surface area contributed by atoms with Crippen LogP contribution in [0.4, 0.5) is 0 Å². The lowest BCUT2D eigenvalue weighted by molar-refractivity contribution is -0.116. The molecule has 0 fully saturated rings. The van der Waals surface area contributed by atoms with Gasteiger partial charge in [-0.2, -0.15) is 0 Å². The zero-order valence-corrected chi connectivity index (χ0v) is 10.2. The molecule has 0 saturated heterocycles. The van der Waals surface area contributed by atoms with Crippen molar-refractivity contribution < 1.29 is 13.2 Å². The van der Waals surface area contributed by atoms with Crippen molar-refractivity contribution in [1.29, 1.82) is 0 Å². The van der Waals surface area contributed by atoms with Crippen molar-refractivity contribution in [2.45, 2.75) is 25.5 Å². The summed E-state index contributed by atoms with van der Waals surface area (Å²) in [4.78, 5) is 11.3. The Labute approximate surface area is 96.4 Å². The molecule has 0 aliphatic heterocycles. The molecule has 0 aliphatic carbocycles. The second-order valence-corrected chi connectivity index (χ2v) is 5.87. The molecule has 16 heavy (non-hydrogen) atoms. The van der Waals surface area contributed by atoms with E-state index >= 15 is 0 Å². The highest BCUT2D eigenvalue weighted by Gasteiger charge is 2.16. The zero-order chi connectivity index (χ0) is 12.0. The lowest BCUT2D eigenvalue weighted by Crippen LogP contribution is -2.17. The number of carbonyl (C=O) groups excluding carboxylic acids is 1. The Morgan fingerprint density at radius 3 is 2.38 bits per heavy atom. The van der Waals surface area contributed by atoms with Gasteiger partial charge in [0.15, 0.2) is 9.84 Å². The number of Topliss-reactive ketones (excluding diaryl/α,β-unsaturated/α-hetero) is 1. The Morgan fingerprint density at radius 2 is 1.81 bits per heavy atom. The number of ketones is 1. The van der Waals surface area contributed by atoms with Crippen molar-refractivity contribution in [1.82, 2.24) is 0 Å². The minimum Gasteiger partial charge on any atom is -0.299 e. The molecule has 0 unspecified atom stereocenters. The molecule has 4 heteroatoms. The number of sulfone groups is 1. The maximum absolute atomic E-state index is 11.7. The van der Waals surface area contributed by atoms with Gasteiger partial charge in [-0.25, -0.2) is 8.42 Å². The predicted molar refractivity (Wildman–Crippen MR) is 63.8 cm³/mol. The second-order valence-electron chi connectivity index (χ2n) is 3.81. The molecule has 3 nitrogen and oxygen atoms in total. The first-order valence-electron chi connectivity index (χ1n) is 5.29. The van der Waals surface area contributed by atoms with Crippen molar-refractivity contribution in [2.24, 2.45) is 0 Å². The van der Waals surface area contributed by atoms with Crippen molar-refractivity contribution in [3.05, 3.63) is 35.9 Å². The molecule has 0 aromatic heterocycles. The molecule has 1 aromatic carbocycles. The third-order valence-electron chi connectivity index (χ3n) is 2.14. The van der Waals surface area contributed by atoms with Crippen LogP contribution in [0.25, 0.3) is 0 Å². The Hall–Kier alpha value is -1.16. The van der Waals surface area contributed by atoms with Crippen LogP contribution in [0, 0.1) is 0 Å². The number of benzene rings is 1. The van der Waals surface area contributed by atoms with Crippen LogP contribution < -0.4 is 0 Å². The molecule has 1 rings (SSSR count). The smallest absolute Gasteiger partial charge is 0.161 e. The molecule has 0 radical (unpaired) electrons. The topological polar surface area (TPSA) is 51.2 Å². The first-order chi connectivity index (χ1) is 7.53. The number of hydrogen-bond donors (Lipinski definition) is 0. The minimum atomic E-state index is -3.31. The Balaban J connectivity index is 2.63. The number of rotatable bonds is 6. The summed E-state index contributed by atoms with van der Waals surface area (Å²) in [6, 6.07) is 8.92. The molecule has 0 amide bonds. The predicted octanol–water partition coefficient (Wildman–Crippen LogP) is 1.97. The van der Waals surface area contributed by atoms with Crippen LogP contribution in [-0.4, -0.2) is 20.0 Å². The van der Waals surface area contributed by atoms with Crippen molar-refractivity contribution in [3.63, 3.8) is 0 Å². The van der Waals surface area contributed by atoms with Gasteiger partial charge in [-0.05, 0) is 12.0 Å². The van der Waals surface area contributed by atoms with Gasteiger partial charge in [0, 0.05) is 6.42 Å². The maximum atomic E-state index is 11.7. The van der Waals surface area contributed by atoms with E-state index in [0.717, 1.165) is 5.56 Å². The van der Waals surface area contributed by atoms with Crippen molar-refractivity contribution in [3.8, 4) is 0 Å². The zero-order valence-electron chi connectivity index (χ0n) is 9.35. The van der Waals surface area contributed by atoms with Gasteiger partial charge in [0.05, 0.1) is 5.75 Å². The van der Waals surface area contributed by atoms with Crippen LogP contribution in [0.2, 0.25) is 0 Å². The van der Waals surface area contributed by atoms with E-state index < -0.39 is 9.84 Å². The average molecular weight is 240 g/mol. The Kier molecular flexibility index (Phi) is 4.68. The fourth-order valence-corrected chi connectivity index (χ4v) is 2.91. The molecule has 0 bridgehead atoms. The first kappa shape index (κ1) is 12.9. The maximum Gasteiger partial charge on any atom is 0.161 e. The minimum absolute atomic E-state index is 0.0523. The van der Waals surface area contributed by atoms with Crippen LogP contribution in [0.15, 0.2) is 30.3 Å². The van der Waals surface area contributed by atoms with E-state index in [1.54, 1.807) is 24.3 Å². The highest BCUT2D eigenvalue weighted by Crippen LogP contribution is 2.07. The summed E-state index contributed by atoms with van der Waals surface area (Å²) >= 11 is 0. The largest absolute Gasteiger partial charge is 0.299 e. The summed E-state index contributed by atoms with van der Waals surface area (Å²) in [5.41, 5.74) is 0.729. The lowest BCUT2D eigenvalue weighted by Gasteiger charge is -2.03. The molecule has 0 spiro atoms. The fraction of sp³-hybridized carbons (Fsp3) is 0.417. The molecule has 88 valence electrons.